The van der Waals surface area contributed by atoms with Crippen LogP contribution in [-0.4, -0.2) is 28.5 Å². The molecule has 10 heteroatoms. The Morgan fingerprint density at radius 3 is 2.42 bits per heavy atom. The zero-order valence-electron chi connectivity index (χ0n) is 18.3. The summed E-state index contributed by atoms with van der Waals surface area (Å²) < 4.78 is 55.1. The molecule has 0 saturated heterocycles. The van der Waals surface area contributed by atoms with Crippen LogP contribution in [0.2, 0.25) is 0 Å². The first-order valence-corrected chi connectivity index (χ1v) is 12.0. The Morgan fingerprint density at radius 1 is 1.00 bits per heavy atom. The predicted octanol–water partition coefficient (Wildman–Crippen LogP) is 3.90. The summed E-state index contributed by atoms with van der Waals surface area (Å²) in [6, 6.07) is 8.15. The van der Waals surface area contributed by atoms with Gasteiger partial charge in [0.25, 0.3) is 5.56 Å². The standard InChI is InChI=1S/C23H22F2N4O3S/c1-4-33(31,32)13-14-5-7-20(26-21-8-6-15(24)10-19(21)25)16(9-14)17-11-28(2)23(30)18-12-29(3)27-22(17)18/h5-12,26H,4,13H2,1-3H3. The lowest BCUT2D eigenvalue weighted by atomic mass is 10.0. The molecule has 7 nitrogen and oxygen atoms in total. The molecule has 0 atom stereocenters. The number of hydrogen-bond donors (Lipinski definition) is 1. The van der Waals surface area contributed by atoms with Crippen LogP contribution in [0, 0.1) is 11.6 Å². The van der Waals surface area contributed by atoms with Crippen molar-refractivity contribution in [2.24, 2.45) is 14.1 Å². The molecule has 0 aliphatic carbocycles. The maximum Gasteiger partial charge on any atom is 0.261 e. The highest BCUT2D eigenvalue weighted by atomic mass is 32.2. The van der Waals surface area contributed by atoms with Crippen molar-refractivity contribution in [1.29, 1.82) is 0 Å². The molecule has 4 aromatic rings. The summed E-state index contributed by atoms with van der Waals surface area (Å²) in [5.41, 5.74) is 2.33. The highest BCUT2D eigenvalue weighted by Gasteiger charge is 2.18. The fraction of sp³-hybridized carbons (Fsp3) is 0.217. The second-order valence-corrected chi connectivity index (χ2v) is 10.2. The predicted molar refractivity (Wildman–Crippen MR) is 124 cm³/mol. The van der Waals surface area contributed by atoms with Gasteiger partial charge in [-0.05, 0) is 29.8 Å². The van der Waals surface area contributed by atoms with Gasteiger partial charge >= 0.3 is 0 Å². The van der Waals surface area contributed by atoms with Gasteiger partial charge in [-0.15, -0.1) is 0 Å². The number of pyridine rings is 1. The molecule has 0 spiro atoms. The van der Waals surface area contributed by atoms with E-state index in [2.05, 4.69) is 10.4 Å². The number of benzene rings is 2. The minimum Gasteiger partial charge on any atom is -0.353 e. The Kier molecular flexibility index (Phi) is 5.79. The molecule has 1 N–H and O–H groups in total. The summed E-state index contributed by atoms with van der Waals surface area (Å²) >= 11 is 0. The third-order valence-corrected chi connectivity index (χ3v) is 7.01. The van der Waals surface area contributed by atoms with E-state index >= 15 is 0 Å². The van der Waals surface area contributed by atoms with Gasteiger partial charge in [-0.1, -0.05) is 13.0 Å². The fourth-order valence-electron chi connectivity index (χ4n) is 3.65. The van der Waals surface area contributed by atoms with Crippen LogP contribution in [0.4, 0.5) is 20.2 Å². The minimum absolute atomic E-state index is 0.00650. The van der Waals surface area contributed by atoms with Crippen molar-refractivity contribution in [2.75, 3.05) is 11.1 Å². The first kappa shape index (κ1) is 22.7. The minimum atomic E-state index is -3.31. The average Bonchev–Trinajstić information content (AvgIpc) is 3.15. The van der Waals surface area contributed by atoms with Crippen LogP contribution in [0.15, 0.2) is 53.6 Å². The number of anilines is 2. The summed E-state index contributed by atoms with van der Waals surface area (Å²) in [4.78, 5) is 12.6. The Labute approximate surface area is 189 Å². The lowest BCUT2D eigenvalue weighted by Crippen LogP contribution is -2.16. The molecule has 0 aliphatic heterocycles. The van der Waals surface area contributed by atoms with Gasteiger partial charge < -0.3 is 9.88 Å². The molecule has 33 heavy (non-hydrogen) atoms. The van der Waals surface area contributed by atoms with Crippen LogP contribution in [0.3, 0.4) is 0 Å². The number of nitrogens with one attached hydrogen (secondary N) is 1. The second-order valence-electron chi connectivity index (χ2n) is 7.83. The van der Waals surface area contributed by atoms with Crippen molar-refractivity contribution >= 4 is 32.1 Å². The van der Waals surface area contributed by atoms with Crippen LogP contribution < -0.4 is 10.9 Å². The monoisotopic (exact) mass is 472 g/mol. The molecule has 2 aromatic carbocycles. The van der Waals surface area contributed by atoms with E-state index in [9.17, 15) is 22.0 Å². The van der Waals surface area contributed by atoms with Gasteiger partial charge in [-0.3, -0.25) is 9.48 Å². The van der Waals surface area contributed by atoms with Crippen LogP contribution >= 0.6 is 0 Å². The van der Waals surface area contributed by atoms with Gasteiger partial charge in [0.1, 0.15) is 17.2 Å². The molecule has 0 saturated carbocycles. The zero-order valence-corrected chi connectivity index (χ0v) is 19.1. The Bertz CT molecular complexity index is 1540. The summed E-state index contributed by atoms with van der Waals surface area (Å²) in [7, 11) is -0.00250. The van der Waals surface area contributed by atoms with Gasteiger partial charge in [0.2, 0.25) is 0 Å². The molecule has 0 radical (unpaired) electrons. The molecular formula is C23H22F2N4O3S. The number of nitrogens with zero attached hydrogens (tertiary/aromatic N) is 3. The molecule has 0 bridgehead atoms. The molecule has 0 unspecified atom stereocenters. The van der Waals surface area contributed by atoms with Crippen LogP contribution in [0.25, 0.3) is 22.0 Å². The quantitative estimate of drug-likeness (QED) is 0.460. The molecule has 172 valence electrons. The summed E-state index contributed by atoms with van der Waals surface area (Å²) in [6.45, 7) is 1.58. The molecule has 2 heterocycles. The van der Waals surface area contributed by atoms with Crippen LogP contribution in [-0.2, 0) is 29.7 Å². The SMILES string of the molecule is CCS(=O)(=O)Cc1ccc(Nc2ccc(F)cc2F)c(-c2cn(C)c(=O)c3cn(C)nc23)c1. The lowest BCUT2D eigenvalue weighted by molar-refractivity contribution is 0.586. The Balaban J connectivity index is 1.95. The van der Waals surface area contributed by atoms with E-state index in [4.69, 9.17) is 0 Å². The number of aryl methyl sites for hydroxylation is 2. The van der Waals surface area contributed by atoms with Gasteiger partial charge in [0, 0.05) is 55.1 Å². The number of aromatic nitrogens is 3. The highest BCUT2D eigenvalue weighted by molar-refractivity contribution is 7.90. The van der Waals surface area contributed by atoms with Crippen molar-refractivity contribution in [1.82, 2.24) is 14.3 Å². The van der Waals surface area contributed by atoms with E-state index in [-0.39, 0.29) is 22.8 Å². The number of sulfone groups is 1. The third-order valence-electron chi connectivity index (χ3n) is 5.36. The van der Waals surface area contributed by atoms with Crippen molar-refractivity contribution in [3.8, 4) is 11.1 Å². The second kappa shape index (κ2) is 8.43. The topological polar surface area (TPSA) is 86.0 Å². The van der Waals surface area contributed by atoms with E-state index in [1.165, 1.54) is 15.3 Å². The Morgan fingerprint density at radius 2 is 1.73 bits per heavy atom. The molecule has 0 aliphatic rings. The summed E-state index contributed by atoms with van der Waals surface area (Å²) in [6.07, 6.45) is 3.22. The van der Waals surface area contributed by atoms with E-state index in [0.717, 1.165) is 12.1 Å². The third kappa shape index (κ3) is 4.51. The van der Waals surface area contributed by atoms with Crippen molar-refractivity contribution in [3.05, 3.63) is 76.3 Å². The van der Waals surface area contributed by atoms with Crippen molar-refractivity contribution < 1.29 is 17.2 Å². The number of halogens is 2. The van der Waals surface area contributed by atoms with Gasteiger partial charge in [-0.25, -0.2) is 17.2 Å². The molecular weight excluding hydrogens is 450 g/mol. The summed E-state index contributed by atoms with van der Waals surface area (Å²) in [5, 5.41) is 7.78. The average molecular weight is 473 g/mol. The number of rotatable bonds is 6. The summed E-state index contributed by atoms with van der Waals surface area (Å²) in [5.74, 6) is -1.65. The number of hydrogen-bond acceptors (Lipinski definition) is 5. The van der Waals surface area contributed by atoms with Gasteiger partial charge in [-0.2, -0.15) is 5.10 Å². The maximum absolute atomic E-state index is 14.3. The van der Waals surface area contributed by atoms with E-state index < -0.39 is 21.5 Å². The molecule has 0 amide bonds. The smallest absolute Gasteiger partial charge is 0.261 e. The lowest BCUT2D eigenvalue weighted by Gasteiger charge is -2.16. The Hall–Kier alpha value is -3.53. The zero-order chi connectivity index (χ0) is 23.9. The highest BCUT2D eigenvalue weighted by Crippen LogP contribution is 2.35. The molecule has 2 aromatic heterocycles. The van der Waals surface area contributed by atoms with Crippen molar-refractivity contribution in [2.45, 2.75) is 12.7 Å². The number of fused-ring (bicyclic) bond motifs is 1. The van der Waals surface area contributed by atoms with Crippen LogP contribution in [0.1, 0.15) is 12.5 Å². The first-order valence-electron chi connectivity index (χ1n) is 10.2. The van der Waals surface area contributed by atoms with Gasteiger partial charge in [0.15, 0.2) is 9.84 Å². The largest absolute Gasteiger partial charge is 0.353 e. The van der Waals surface area contributed by atoms with Crippen molar-refractivity contribution in [3.63, 3.8) is 0 Å². The van der Waals surface area contributed by atoms with Crippen LogP contribution in [0.5, 0.6) is 0 Å². The maximum atomic E-state index is 14.3. The van der Waals surface area contributed by atoms with E-state index in [1.54, 1.807) is 51.6 Å². The van der Waals surface area contributed by atoms with E-state index in [1.807, 2.05) is 0 Å². The first-order chi connectivity index (χ1) is 15.6. The van der Waals surface area contributed by atoms with E-state index in [0.29, 0.717) is 33.3 Å². The molecule has 4 rings (SSSR count). The van der Waals surface area contributed by atoms with Gasteiger partial charge in [0.05, 0.1) is 16.8 Å². The molecule has 0 fully saturated rings. The fourth-order valence-corrected chi connectivity index (χ4v) is 4.54. The normalized spacial score (nSPS) is 11.8.